The maximum Gasteiger partial charge on any atom is 0.417 e. The summed E-state index contributed by atoms with van der Waals surface area (Å²) in [4.78, 5) is 22.0. The van der Waals surface area contributed by atoms with E-state index in [2.05, 4.69) is 31.7 Å². The summed E-state index contributed by atoms with van der Waals surface area (Å²) < 4.78 is 19.2. The van der Waals surface area contributed by atoms with Gasteiger partial charge in [0.1, 0.15) is 0 Å². The van der Waals surface area contributed by atoms with Crippen LogP contribution in [0.15, 0.2) is 45.7 Å². The van der Waals surface area contributed by atoms with E-state index < -0.39 is 11.6 Å². The van der Waals surface area contributed by atoms with Crippen LogP contribution in [-0.2, 0) is 0 Å². The number of nitriles is 1. The van der Waals surface area contributed by atoms with Crippen molar-refractivity contribution < 1.29 is 8.81 Å². The number of oxazole rings is 1. The molecule has 3 N–H and O–H groups in total. The molecule has 0 aliphatic heterocycles. The Morgan fingerprint density at radius 3 is 2.62 bits per heavy atom. The van der Waals surface area contributed by atoms with Crippen molar-refractivity contribution in [1.82, 2.24) is 15.0 Å². The van der Waals surface area contributed by atoms with Gasteiger partial charge in [0, 0.05) is 11.4 Å². The Bertz CT molecular complexity index is 1310. The van der Waals surface area contributed by atoms with Crippen LogP contribution >= 0.6 is 0 Å². The van der Waals surface area contributed by atoms with Gasteiger partial charge in [0.2, 0.25) is 5.95 Å². The number of nitrogens with zero attached hydrogens (tertiary/aromatic N) is 3. The van der Waals surface area contributed by atoms with Crippen LogP contribution in [0.5, 0.6) is 0 Å². The number of aromatic amines is 1. The lowest BCUT2D eigenvalue weighted by Gasteiger charge is -2.11. The molecule has 0 spiro atoms. The molecule has 8 nitrogen and oxygen atoms in total. The lowest BCUT2D eigenvalue weighted by Crippen LogP contribution is -2.04. The first-order valence-corrected chi connectivity index (χ1v) is 8.64. The highest BCUT2D eigenvalue weighted by molar-refractivity contribution is 5.78. The fourth-order valence-electron chi connectivity index (χ4n) is 3.02. The van der Waals surface area contributed by atoms with Crippen LogP contribution < -0.4 is 16.4 Å². The summed E-state index contributed by atoms with van der Waals surface area (Å²) in [5.41, 5.74) is 4.34. The molecule has 0 fully saturated rings. The highest BCUT2D eigenvalue weighted by atomic mass is 19.1. The molecule has 4 rings (SSSR count). The van der Waals surface area contributed by atoms with E-state index in [1.54, 1.807) is 30.3 Å². The number of H-pyrrole nitrogens is 1. The quantitative estimate of drug-likeness (QED) is 0.481. The zero-order chi connectivity index (χ0) is 20.5. The molecule has 2 heterocycles. The van der Waals surface area contributed by atoms with Crippen LogP contribution in [0.3, 0.4) is 0 Å². The summed E-state index contributed by atoms with van der Waals surface area (Å²) in [5.74, 6) is -1.04. The van der Waals surface area contributed by atoms with E-state index in [9.17, 15) is 14.4 Å². The van der Waals surface area contributed by atoms with E-state index in [1.807, 2.05) is 13.8 Å². The van der Waals surface area contributed by atoms with Gasteiger partial charge in [-0.15, -0.1) is 0 Å². The van der Waals surface area contributed by atoms with Crippen LogP contribution in [0.25, 0.3) is 11.1 Å². The van der Waals surface area contributed by atoms with Gasteiger partial charge in [-0.2, -0.15) is 10.2 Å². The summed E-state index contributed by atoms with van der Waals surface area (Å²) in [6, 6.07) is 10.6. The molecule has 0 atom stereocenters. The Kier molecular flexibility index (Phi) is 4.44. The van der Waals surface area contributed by atoms with Crippen molar-refractivity contribution >= 4 is 34.2 Å². The number of nitrogens with one attached hydrogen (secondary N) is 3. The third kappa shape index (κ3) is 3.64. The average molecular weight is 390 g/mol. The monoisotopic (exact) mass is 390 g/mol. The van der Waals surface area contributed by atoms with Gasteiger partial charge in [0.05, 0.1) is 23.3 Å². The minimum absolute atomic E-state index is 0.0326. The van der Waals surface area contributed by atoms with E-state index in [0.29, 0.717) is 28.0 Å². The molecular formula is C20H15FN6O2. The number of rotatable bonds is 4. The normalized spacial score (nSPS) is 10.7. The lowest BCUT2D eigenvalue weighted by atomic mass is 10.0. The van der Waals surface area contributed by atoms with Gasteiger partial charge < -0.3 is 15.1 Å². The molecule has 2 aromatic carbocycles. The average Bonchev–Trinajstić information content (AvgIpc) is 3.03. The maximum absolute atomic E-state index is 14.2. The summed E-state index contributed by atoms with van der Waals surface area (Å²) in [7, 11) is 0. The number of aromatic nitrogens is 3. The van der Waals surface area contributed by atoms with E-state index in [-0.39, 0.29) is 11.8 Å². The molecule has 9 heteroatoms. The van der Waals surface area contributed by atoms with E-state index in [0.717, 1.165) is 17.3 Å². The second-order valence-electron chi connectivity index (χ2n) is 6.46. The molecule has 0 aliphatic rings. The van der Waals surface area contributed by atoms with Crippen molar-refractivity contribution in [2.24, 2.45) is 0 Å². The third-order valence-corrected chi connectivity index (χ3v) is 4.33. The Morgan fingerprint density at radius 1 is 1.14 bits per heavy atom. The molecule has 0 bridgehead atoms. The zero-order valence-electron chi connectivity index (χ0n) is 15.5. The third-order valence-electron chi connectivity index (χ3n) is 4.33. The van der Waals surface area contributed by atoms with Crippen LogP contribution in [0.4, 0.5) is 27.5 Å². The zero-order valence-corrected chi connectivity index (χ0v) is 15.5. The molecule has 0 amide bonds. The van der Waals surface area contributed by atoms with Gasteiger partial charge in [-0.3, -0.25) is 4.98 Å². The first-order valence-electron chi connectivity index (χ1n) is 8.64. The van der Waals surface area contributed by atoms with Gasteiger partial charge in [-0.1, -0.05) is 0 Å². The number of anilines is 4. The molecule has 0 radical (unpaired) electrons. The Morgan fingerprint density at radius 2 is 1.90 bits per heavy atom. The van der Waals surface area contributed by atoms with Crippen molar-refractivity contribution in [1.29, 1.82) is 5.26 Å². The number of hydrogen-bond acceptors (Lipinski definition) is 7. The predicted molar refractivity (Wildman–Crippen MR) is 106 cm³/mol. The van der Waals surface area contributed by atoms with E-state index in [1.165, 1.54) is 0 Å². The summed E-state index contributed by atoms with van der Waals surface area (Å²) in [6.07, 6.45) is 1.05. The van der Waals surface area contributed by atoms with Gasteiger partial charge in [-0.25, -0.2) is 14.2 Å². The van der Waals surface area contributed by atoms with Gasteiger partial charge >= 0.3 is 5.76 Å². The van der Waals surface area contributed by atoms with E-state index >= 15 is 0 Å². The fraction of sp³-hybridized carbons (Fsp3) is 0.100. The van der Waals surface area contributed by atoms with Gasteiger partial charge in [0.25, 0.3) is 0 Å². The maximum atomic E-state index is 14.2. The van der Waals surface area contributed by atoms with Crippen molar-refractivity contribution in [3.63, 3.8) is 0 Å². The molecular weight excluding hydrogens is 375 g/mol. The predicted octanol–water partition coefficient (Wildman–Crippen LogP) is 4.03. The van der Waals surface area contributed by atoms with Crippen molar-refractivity contribution in [3.8, 4) is 6.07 Å². The smallest absolute Gasteiger partial charge is 0.408 e. The first-order chi connectivity index (χ1) is 13.9. The Balaban J connectivity index is 1.62. The van der Waals surface area contributed by atoms with Crippen LogP contribution in [-0.4, -0.2) is 15.0 Å². The number of hydrogen-bond donors (Lipinski definition) is 3. The summed E-state index contributed by atoms with van der Waals surface area (Å²) in [5, 5.41) is 15.1. The number of halogens is 1. The molecule has 2 aromatic heterocycles. The van der Waals surface area contributed by atoms with Crippen LogP contribution in [0.1, 0.15) is 16.7 Å². The van der Waals surface area contributed by atoms with Crippen molar-refractivity contribution in [2.75, 3.05) is 10.6 Å². The standard InChI is InChI=1S/C20H15FN6O2/c1-10-5-13(6-11(2)14(10)8-22)25-19-23-9-15(21)18(27-19)24-12-3-4-17-16(7-12)26-20(28)29-17/h3-7,9H,1-2H3,(H,26,28)(H2,23,24,25,27). The van der Waals surface area contributed by atoms with Crippen molar-refractivity contribution in [2.45, 2.75) is 13.8 Å². The van der Waals surface area contributed by atoms with Gasteiger partial charge in [-0.05, 0) is 55.3 Å². The second-order valence-corrected chi connectivity index (χ2v) is 6.46. The van der Waals surface area contributed by atoms with Gasteiger partial charge in [0.15, 0.2) is 17.2 Å². The molecule has 4 aromatic rings. The largest absolute Gasteiger partial charge is 0.417 e. The first kappa shape index (κ1) is 18.2. The summed E-state index contributed by atoms with van der Waals surface area (Å²) >= 11 is 0. The second kappa shape index (κ2) is 7.09. The SMILES string of the molecule is Cc1cc(Nc2ncc(F)c(Nc3ccc4oc(=O)[nH]c4c3)n2)cc(C)c1C#N. The molecule has 0 saturated carbocycles. The molecule has 29 heavy (non-hydrogen) atoms. The number of benzene rings is 2. The summed E-state index contributed by atoms with van der Waals surface area (Å²) in [6.45, 7) is 3.68. The van der Waals surface area contributed by atoms with Crippen LogP contribution in [0.2, 0.25) is 0 Å². The minimum atomic E-state index is -0.636. The Labute approximate surface area is 164 Å². The van der Waals surface area contributed by atoms with Crippen LogP contribution in [0, 0.1) is 31.0 Å². The molecule has 0 aliphatic carbocycles. The molecule has 144 valence electrons. The molecule has 0 saturated heterocycles. The fourth-order valence-corrected chi connectivity index (χ4v) is 3.02. The Hall–Kier alpha value is -4.19. The van der Waals surface area contributed by atoms with Crippen molar-refractivity contribution in [3.05, 3.63) is 69.6 Å². The minimum Gasteiger partial charge on any atom is -0.408 e. The highest BCUT2D eigenvalue weighted by Gasteiger charge is 2.11. The topological polar surface area (TPSA) is 120 Å². The lowest BCUT2D eigenvalue weighted by molar-refractivity contribution is 0.555. The number of fused-ring (bicyclic) bond motifs is 1. The molecule has 0 unspecified atom stereocenters. The van der Waals surface area contributed by atoms with E-state index in [4.69, 9.17) is 4.42 Å². The number of aryl methyl sites for hydroxylation is 2. The highest BCUT2D eigenvalue weighted by Crippen LogP contribution is 2.24.